The van der Waals surface area contributed by atoms with Gasteiger partial charge in [-0.1, -0.05) is 5.21 Å². The van der Waals surface area contributed by atoms with E-state index in [0.29, 0.717) is 0 Å². The maximum Gasteiger partial charge on any atom is 0.132 e. The average molecular weight is 227 g/mol. The highest BCUT2D eigenvalue weighted by Gasteiger charge is 1.89. The largest absolute Gasteiger partial charge is 0.183 e. The van der Waals surface area contributed by atoms with Crippen LogP contribution in [-0.2, 0) is 0 Å². The number of thiol groups is 1. The van der Waals surface area contributed by atoms with E-state index in [-0.39, 0.29) is 0 Å². The number of rotatable bonds is 0. The summed E-state index contributed by atoms with van der Waals surface area (Å²) in [6.45, 7) is 0. The Kier molecular flexibility index (Phi) is 1.53. The first-order valence-corrected chi connectivity index (χ1v) is 3.04. The van der Waals surface area contributed by atoms with Gasteiger partial charge in [-0.25, -0.2) is 0 Å². The molecule has 0 aliphatic heterocycles. The van der Waals surface area contributed by atoms with Crippen LogP contribution in [0.3, 0.4) is 0 Å². The Morgan fingerprint density at radius 1 is 1.86 bits per heavy atom. The third kappa shape index (κ3) is 1.06. The topological polar surface area (TPSA) is 30.7 Å². The molecule has 0 saturated heterocycles. The van der Waals surface area contributed by atoms with Crippen LogP contribution in [0.15, 0.2) is 6.20 Å². The van der Waals surface area contributed by atoms with E-state index < -0.39 is 0 Å². The van der Waals surface area contributed by atoms with Crippen LogP contribution in [0.5, 0.6) is 0 Å². The molecule has 0 unspecified atom stereocenters. The fourth-order valence-corrected chi connectivity index (χ4v) is 0.536. The molecule has 0 aliphatic rings. The van der Waals surface area contributed by atoms with Gasteiger partial charge < -0.3 is 0 Å². The van der Waals surface area contributed by atoms with Crippen molar-refractivity contribution in [2.45, 2.75) is 0 Å². The van der Waals surface area contributed by atoms with E-state index in [4.69, 9.17) is 0 Å². The summed E-state index contributed by atoms with van der Waals surface area (Å²) >= 11 is 5.97. The molecule has 0 aliphatic carbocycles. The fraction of sp³-hybridized carbons (Fsp3) is 0. The van der Waals surface area contributed by atoms with Crippen molar-refractivity contribution >= 4 is 35.4 Å². The molecule has 1 heterocycles. The van der Waals surface area contributed by atoms with E-state index in [1.54, 1.807) is 6.20 Å². The van der Waals surface area contributed by atoms with Gasteiger partial charge in [0.1, 0.15) is 3.70 Å². The van der Waals surface area contributed by atoms with Crippen LogP contribution < -0.4 is 0 Å². The summed E-state index contributed by atoms with van der Waals surface area (Å²) in [6.07, 6.45) is 1.63. The number of halogens is 1. The second kappa shape index (κ2) is 1.99. The molecule has 0 aromatic carbocycles. The molecule has 5 heteroatoms. The van der Waals surface area contributed by atoms with E-state index in [2.05, 4.69) is 45.7 Å². The SMILES string of the molecule is Sn1nncc1I. The van der Waals surface area contributed by atoms with Crippen molar-refractivity contribution in [3.63, 3.8) is 0 Å². The lowest BCUT2D eigenvalue weighted by Crippen LogP contribution is -1.83. The van der Waals surface area contributed by atoms with Gasteiger partial charge in [-0.05, 0) is 35.4 Å². The van der Waals surface area contributed by atoms with Gasteiger partial charge >= 0.3 is 0 Å². The van der Waals surface area contributed by atoms with Crippen LogP contribution in [0.25, 0.3) is 0 Å². The van der Waals surface area contributed by atoms with Gasteiger partial charge in [0.15, 0.2) is 0 Å². The summed E-state index contributed by atoms with van der Waals surface area (Å²) in [6, 6.07) is 0. The van der Waals surface area contributed by atoms with Crippen LogP contribution in [0.1, 0.15) is 0 Å². The highest BCUT2D eigenvalue weighted by Crippen LogP contribution is 1.99. The average Bonchev–Trinajstić information content (AvgIpc) is 1.91. The molecule has 0 bridgehead atoms. The first-order chi connectivity index (χ1) is 3.30. The second-order valence-electron chi connectivity index (χ2n) is 0.946. The van der Waals surface area contributed by atoms with Crippen molar-refractivity contribution < 1.29 is 0 Å². The zero-order valence-corrected chi connectivity index (χ0v) is 6.30. The van der Waals surface area contributed by atoms with Crippen molar-refractivity contribution in [1.29, 1.82) is 0 Å². The van der Waals surface area contributed by atoms with Crippen molar-refractivity contribution in [3.05, 3.63) is 9.90 Å². The molecule has 0 radical (unpaired) electrons. The number of hydrogen-bond acceptors (Lipinski definition) is 3. The summed E-state index contributed by atoms with van der Waals surface area (Å²) in [5.74, 6) is 0. The van der Waals surface area contributed by atoms with Gasteiger partial charge in [-0.3, -0.25) is 0 Å². The monoisotopic (exact) mass is 227 g/mol. The zero-order chi connectivity index (χ0) is 5.28. The Morgan fingerprint density at radius 3 is 2.71 bits per heavy atom. The van der Waals surface area contributed by atoms with Crippen LogP contribution in [-0.4, -0.2) is 14.4 Å². The summed E-state index contributed by atoms with van der Waals surface area (Å²) < 4.78 is 2.32. The lowest BCUT2D eigenvalue weighted by molar-refractivity contribution is 0.887. The van der Waals surface area contributed by atoms with Crippen LogP contribution >= 0.6 is 35.4 Å². The van der Waals surface area contributed by atoms with Crippen molar-refractivity contribution in [3.8, 4) is 0 Å². The maximum absolute atomic E-state index is 3.88. The molecule has 0 saturated carbocycles. The lowest BCUT2D eigenvalue weighted by atomic mass is 11.0. The fourth-order valence-electron chi connectivity index (χ4n) is 0.217. The van der Waals surface area contributed by atoms with Crippen LogP contribution in [0.4, 0.5) is 0 Å². The van der Waals surface area contributed by atoms with Gasteiger partial charge in [-0.2, -0.15) is 4.09 Å². The van der Waals surface area contributed by atoms with E-state index in [1.807, 2.05) is 0 Å². The molecule has 7 heavy (non-hydrogen) atoms. The Morgan fingerprint density at radius 2 is 2.57 bits per heavy atom. The third-order valence-corrected chi connectivity index (χ3v) is 1.90. The zero-order valence-electron chi connectivity index (χ0n) is 3.24. The van der Waals surface area contributed by atoms with Crippen molar-refractivity contribution in [2.24, 2.45) is 0 Å². The van der Waals surface area contributed by atoms with E-state index in [9.17, 15) is 0 Å². The molecular weight excluding hydrogens is 225 g/mol. The molecule has 0 spiro atoms. The van der Waals surface area contributed by atoms with E-state index >= 15 is 0 Å². The molecule has 1 aromatic heterocycles. The van der Waals surface area contributed by atoms with Gasteiger partial charge in [-0.15, -0.1) is 5.10 Å². The molecule has 3 nitrogen and oxygen atoms in total. The Labute approximate surface area is 59.8 Å². The van der Waals surface area contributed by atoms with Crippen molar-refractivity contribution in [2.75, 3.05) is 0 Å². The van der Waals surface area contributed by atoms with Gasteiger partial charge in [0.05, 0.1) is 6.20 Å². The Balaban J connectivity index is 3.12. The lowest BCUT2D eigenvalue weighted by Gasteiger charge is -1.80. The minimum Gasteiger partial charge on any atom is -0.183 e. The van der Waals surface area contributed by atoms with Crippen LogP contribution in [0, 0.1) is 3.70 Å². The van der Waals surface area contributed by atoms with Crippen molar-refractivity contribution in [1.82, 2.24) is 14.4 Å². The minimum atomic E-state index is 0.918. The van der Waals surface area contributed by atoms with E-state index in [1.165, 1.54) is 4.09 Å². The number of aromatic nitrogens is 3. The van der Waals surface area contributed by atoms with Gasteiger partial charge in [0.2, 0.25) is 0 Å². The number of nitrogens with zero attached hydrogens (tertiary/aromatic N) is 3. The summed E-state index contributed by atoms with van der Waals surface area (Å²) in [7, 11) is 0. The predicted molar refractivity (Wildman–Crippen MR) is 37.1 cm³/mol. The first kappa shape index (κ1) is 5.36. The molecule has 0 fully saturated rings. The van der Waals surface area contributed by atoms with Gasteiger partial charge in [0.25, 0.3) is 0 Å². The Bertz CT molecular complexity index is 145. The Hall–Kier alpha value is 0.220. The molecule has 1 rings (SSSR count). The molecule has 1 aromatic rings. The number of hydrogen-bond donors (Lipinski definition) is 1. The summed E-state index contributed by atoms with van der Waals surface area (Å²) in [4.78, 5) is 0. The molecule has 0 atom stereocenters. The minimum absolute atomic E-state index is 0.918. The molecule has 0 amide bonds. The maximum atomic E-state index is 3.88. The van der Waals surface area contributed by atoms with Crippen LogP contribution in [0.2, 0.25) is 0 Å². The highest BCUT2D eigenvalue weighted by atomic mass is 127. The molecular formula is C2H2IN3S. The first-order valence-electron chi connectivity index (χ1n) is 1.56. The highest BCUT2D eigenvalue weighted by molar-refractivity contribution is 14.1. The quantitative estimate of drug-likeness (QED) is 0.519. The standard InChI is InChI=1S/C2H2IN3S/c3-2-1-4-5-6(2)7/h1,7H. The predicted octanol–water partition coefficient (Wildman–Crippen LogP) is 0.576. The van der Waals surface area contributed by atoms with Gasteiger partial charge in [0, 0.05) is 0 Å². The smallest absolute Gasteiger partial charge is 0.132 e. The molecule has 0 N–H and O–H groups in total. The second-order valence-corrected chi connectivity index (χ2v) is 2.43. The third-order valence-electron chi connectivity index (χ3n) is 0.492. The summed E-state index contributed by atoms with van der Waals surface area (Å²) in [5, 5.41) is 7.09. The summed E-state index contributed by atoms with van der Waals surface area (Å²) in [5.41, 5.74) is 0. The van der Waals surface area contributed by atoms with E-state index in [0.717, 1.165) is 3.70 Å². The molecule has 38 valence electrons. The normalized spacial score (nSPS) is 9.43.